The molecule has 0 atom stereocenters. The second-order valence-electron chi connectivity index (χ2n) is 4.70. The minimum Gasteiger partial charge on any atom is -0.349 e. The third-order valence-corrected chi connectivity index (χ3v) is 4.56. The van der Waals surface area contributed by atoms with Crippen molar-refractivity contribution in [3.63, 3.8) is 0 Å². The minimum atomic E-state index is -3.63. The first-order valence-electron chi connectivity index (χ1n) is 6.20. The summed E-state index contributed by atoms with van der Waals surface area (Å²) in [6.45, 7) is 0.638. The molecular weight excluding hydrogens is 302 g/mol. The first kappa shape index (κ1) is 15.2. The van der Waals surface area contributed by atoms with Gasteiger partial charge in [-0.2, -0.15) is 12.7 Å². The Balaban J connectivity index is 1.91. The molecule has 0 saturated carbocycles. The Kier molecular flexibility index (Phi) is 4.64. The highest BCUT2D eigenvalue weighted by molar-refractivity contribution is 7.86. The molecule has 0 radical (unpaired) electrons. The molecule has 1 fully saturated rings. The number of nitrogens with zero attached hydrogens (tertiary/aromatic N) is 1. The van der Waals surface area contributed by atoms with Gasteiger partial charge in [0.05, 0.1) is 0 Å². The fourth-order valence-electron chi connectivity index (χ4n) is 2.15. The van der Waals surface area contributed by atoms with Gasteiger partial charge in [-0.05, 0) is 31.0 Å². The van der Waals surface area contributed by atoms with E-state index >= 15 is 0 Å². The number of nitrogens with one attached hydrogen (secondary N) is 1. The van der Waals surface area contributed by atoms with Crippen LogP contribution in [0.5, 0.6) is 0 Å². The summed E-state index contributed by atoms with van der Waals surface area (Å²) in [5.41, 5.74) is 0.492. The normalized spacial score (nSPS) is 17.9. The van der Waals surface area contributed by atoms with E-state index in [1.54, 1.807) is 24.3 Å². The Bertz CT molecular complexity index is 598. The second-order valence-corrected chi connectivity index (χ2v) is 6.68. The minimum absolute atomic E-state index is 0.0560. The van der Waals surface area contributed by atoms with Crippen LogP contribution in [-0.4, -0.2) is 37.8 Å². The molecule has 0 unspecified atom stereocenters. The van der Waals surface area contributed by atoms with Gasteiger partial charge in [0.15, 0.2) is 0 Å². The van der Waals surface area contributed by atoms with E-state index in [1.165, 1.54) is 4.31 Å². The zero-order chi connectivity index (χ0) is 14.8. The Morgan fingerprint density at radius 2 is 2.00 bits per heavy atom. The topological polar surface area (TPSA) is 92.5 Å². The summed E-state index contributed by atoms with van der Waals surface area (Å²) in [6, 6.07) is 6.63. The maximum absolute atomic E-state index is 12.0. The maximum atomic E-state index is 12.0. The van der Waals surface area contributed by atoms with Gasteiger partial charge in [-0.25, -0.2) is 5.14 Å². The number of piperidine rings is 1. The van der Waals surface area contributed by atoms with E-state index in [4.69, 9.17) is 16.7 Å². The van der Waals surface area contributed by atoms with Crippen LogP contribution in [0.15, 0.2) is 24.3 Å². The molecule has 110 valence electrons. The molecule has 0 spiro atoms. The molecule has 8 heteroatoms. The Labute approximate surface area is 123 Å². The largest absolute Gasteiger partial charge is 0.349 e. The smallest absolute Gasteiger partial charge is 0.276 e. The van der Waals surface area contributed by atoms with Crippen LogP contribution in [0, 0.1) is 0 Å². The van der Waals surface area contributed by atoms with E-state index in [2.05, 4.69) is 5.32 Å². The van der Waals surface area contributed by atoms with Gasteiger partial charge in [-0.1, -0.05) is 17.7 Å². The van der Waals surface area contributed by atoms with E-state index in [-0.39, 0.29) is 11.9 Å². The molecule has 1 aromatic carbocycles. The van der Waals surface area contributed by atoms with Crippen LogP contribution in [0.3, 0.4) is 0 Å². The van der Waals surface area contributed by atoms with Crippen LogP contribution < -0.4 is 10.5 Å². The summed E-state index contributed by atoms with van der Waals surface area (Å²) in [5, 5.41) is 8.44. The highest BCUT2D eigenvalue weighted by atomic mass is 35.5. The van der Waals surface area contributed by atoms with Crippen molar-refractivity contribution in [3.8, 4) is 0 Å². The van der Waals surface area contributed by atoms with Crippen LogP contribution in [0.2, 0.25) is 5.02 Å². The number of nitrogens with two attached hydrogens (primary N) is 1. The number of carbonyl (C=O) groups is 1. The molecule has 1 aromatic rings. The molecular formula is C12H16ClN3O3S. The molecule has 20 heavy (non-hydrogen) atoms. The molecule has 0 bridgehead atoms. The highest BCUT2D eigenvalue weighted by Crippen LogP contribution is 2.14. The van der Waals surface area contributed by atoms with Gasteiger partial charge >= 0.3 is 0 Å². The SMILES string of the molecule is NS(=O)(=O)N1CCC(NC(=O)c2cccc(Cl)c2)CC1. The molecule has 6 nitrogen and oxygen atoms in total. The lowest BCUT2D eigenvalue weighted by Gasteiger charge is -2.30. The molecule has 2 rings (SSSR count). The number of carbonyl (C=O) groups excluding carboxylic acids is 1. The van der Waals surface area contributed by atoms with E-state index in [0.29, 0.717) is 36.5 Å². The van der Waals surface area contributed by atoms with Crippen molar-refractivity contribution < 1.29 is 13.2 Å². The fraction of sp³-hybridized carbons (Fsp3) is 0.417. The number of amides is 1. The first-order chi connectivity index (χ1) is 9.36. The van der Waals surface area contributed by atoms with Gasteiger partial charge in [0.2, 0.25) is 0 Å². The van der Waals surface area contributed by atoms with Gasteiger partial charge in [0, 0.05) is 29.7 Å². The zero-order valence-electron chi connectivity index (χ0n) is 10.8. The molecule has 1 saturated heterocycles. The average Bonchev–Trinajstić information content (AvgIpc) is 2.38. The van der Waals surface area contributed by atoms with Crippen LogP contribution in [-0.2, 0) is 10.2 Å². The summed E-state index contributed by atoms with van der Waals surface area (Å²) < 4.78 is 23.6. The number of hydrogen-bond acceptors (Lipinski definition) is 3. The quantitative estimate of drug-likeness (QED) is 0.861. The number of halogens is 1. The average molecular weight is 318 g/mol. The van der Waals surface area contributed by atoms with E-state index in [1.807, 2.05) is 0 Å². The lowest BCUT2D eigenvalue weighted by atomic mass is 10.1. The van der Waals surface area contributed by atoms with Crippen LogP contribution >= 0.6 is 11.6 Å². The molecule has 0 aliphatic carbocycles. The van der Waals surface area contributed by atoms with Crippen molar-refractivity contribution in [2.75, 3.05) is 13.1 Å². The van der Waals surface area contributed by atoms with Crippen molar-refractivity contribution in [2.24, 2.45) is 5.14 Å². The maximum Gasteiger partial charge on any atom is 0.276 e. The highest BCUT2D eigenvalue weighted by Gasteiger charge is 2.26. The van der Waals surface area contributed by atoms with E-state index < -0.39 is 10.2 Å². The molecule has 1 amide bonds. The molecule has 3 N–H and O–H groups in total. The Morgan fingerprint density at radius 3 is 2.55 bits per heavy atom. The van der Waals surface area contributed by atoms with Crippen molar-refractivity contribution in [1.82, 2.24) is 9.62 Å². The molecule has 1 heterocycles. The number of hydrogen-bond donors (Lipinski definition) is 2. The standard InChI is InChI=1S/C12H16ClN3O3S/c13-10-3-1-2-9(8-10)12(17)15-11-4-6-16(7-5-11)20(14,18)19/h1-3,8,11H,4-7H2,(H,15,17)(H2,14,18,19). The van der Waals surface area contributed by atoms with Gasteiger partial charge in [0.25, 0.3) is 16.1 Å². The molecule has 0 aromatic heterocycles. The van der Waals surface area contributed by atoms with Gasteiger partial charge in [-0.3, -0.25) is 4.79 Å². The summed E-state index contributed by atoms with van der Waals surface area (Å²) in [6.07, 6.45) is 1.09. The van der Waals surface area contributed by atoms with Crippen LogP contribution in [0.25, 0.3) is 0 Å². The Hall–Kier alpha value is -1.15. The zero-order valence-corrected chi connectivity index (χ0v) is 12.3. The summed E-state index contributed by atoms with van der Waals surface area (Å²) in [5.74, 6) is -0.207. The monoisotopic (exact) mass is 317 g/mol. The predicted octanol–water partition coefficient (Wildman–Crippen LogP) is 0.738. The predicted molar refractivity (Wildman–Crippen MR) is 76.6 cm³/mol. The summed E-state index contributed by atoms with van der Waals surface area (Å²) >= 11 is 5.83. The van der Waals surface area contributed by atoms with E-state index in [0.717, 1.165) is 0 Å². The summed E-state index contributed by atoms with van der Waals surface area (Å²) in [7, 11) is -3.63. The van der Waals surface area contributed by atoms with Crippen molar-refractivity contribution in [1.29, 1.82) is 0 Å². The first-order valence-corrected chi connectivity index (χ1v) is 8.08. The van der Waals surface area contributed by atoms with Crippen LogP contribution in [0.4, 0.5) is 0 Å². The summed E-state index contributed by atoms with van der Waals surface area (Å²) in [4.78, 5) is 12.0. The van der Waals surface area contributed by atoms with Gasteiger partial charge in [0.1, 0.15) is 0 Å². The second kappa shape index (κ2) is 6.09. The third kappa shape index (κ3) is 3.92. The fourth-order valence-corrected chi connectivity index (χ4v) is 3.06. The molecule has 1 aliphatic heterocycles. The lowest BCUT2D eigenvalue weighted by molar-refractivity contribution is 0.0924. The Morgan fingerprint density at radius 1 is 1.35 bits per heavy atom. The van der Waals surface area contributed by atoms with E-state index in [9.17, 15) is 13.2 Å². The lowest BCUT2D eigenvalue weighted by Crippen LogP contribution is -2.48. The van der Waals surface area contributed by atoms with Crippen molar-refractivity contribution in [3.05, 3.63) is 34.9 Å². The number of rotatable bonds is 3. The van der Waals surface area contributed by atoms with Gasteiger partial charge < -0.3 is 5.32 Å². The van der Waals surface area contributed by atoms with Crippen molar-refractivity contribution in [2.45, 2.75) is 18.9 Å². The van der Waals surface area contributed by atoms with Crippen molar-refractivity contribution >= 4 is 27.7 Å². The third-order valence-electron chi connectivity index (χ3n) is 3.24. The van der Waals surface area contributed by atoms with Gasteiger partial charge in [-0.15, -0.1) is 0 Å². The molecule has 1 aliphatic rings. The number of benzene rings is 1. The van der Waals surface area contributed by atoms with Crippen LogP contribution in [0.1, 0.15) is 23.2 Å².